The van der Waals surface area contributed by atoms with Gasteiger partial charge in [0.1, 0.15) is 11.4 Å². The predicted molar refractivity (Wildman–Crippen MR) is 113 cm³/mol. The van der Waals surface area contributed by atoms with E-state index in [2.05, 4.69) is 20.5 Å². The first-order valence-corrected chi connectivity index (χ1v) is 9.94. The highest BCUT2D eigenvalue weighted by molar-refractivity contribution is 5.80. The molecule has 2 N–H and O–H groups in total. The molecule has 1 aromatic carbocycles. The van der Waals surface area contributed by atoms with Crippen molar-refractivity contribution in [3.8, 4) is 0 Å². The monoisotopic (exact) mass is 407 g/mol. The number of nitrogens with zero attached hydrogens (tertiary/aromatic N) is 3. The number of benzene rings is 1. The quantitative estimate of drug-likeness (QED) is 0.580. The van der Waals surface area contributed by atoms with E-state index in [0.717, 1.165) is 24.5 Å². The van der Waals surface area contributed by atoms with Crippen molar-refractivity contribution in [1.82, 2.24) is 20.4 Å². The summed E-state index contributed by atoms with van der Waals surface area (Å²) in [4.78, 5) is 20.4. The molecule has 1 amide bonds. The molecule has 1 heterocycles. The third kappa shape index (κ3) is 7.53. The number of hydrogen-bond acceptors (Lipinski definition) is 4. The second-order valence-corrected chi connectivity index (χ2v) is 8.64. The minimum absolute atomic E-state index is 0.0147. The van der Waals surface area contributed by atoms with Gasteiger partial charge in [0.05, 0.1) is 6.04 Å². The van der Waals surface area contributed by atoms with Crippen LogP contribution in [0.1, 0.15) is 38.3 Å². The molecular formula is C21H34FN5O2. The Kier molecular flexibility index (Phi) is 7.84. The van der Waals surface area contributed by atoms with Gasteiger partial charge in [-0.25, -0.2) is 9.18 Å². The number of ether oxygens (including phenoxy) is 1. The SMILES string of the molecule is CN=C(NCc1ccc(F)c(CN(C)C)c1)N1CCC(NC(=O)OC(C)(C)C)C1. The maximum absolute atomic E-state index is 14.0. The van der Waals surface area contributed by atoms with Crippen molar-refractivity contribution in [2.24, 2.45) is 4.99 Å². The van der Waals surface area contributed by atoms with Gasteiger partial charge in [-0.05, 0) is 59.0 Å². The van der Waals surface area contributed by atoms with Crippen molar-refractivity contribution >= 4 is 12.1 Å². The lowest BCUT2D eigenvalue weighted by Gasteiger charge is -2.23. The minimum Gasteiger partial charge on any atom is -0.444 e. The normalized spacial score (nSPS) is 17.6. The van der Waals surface area contributed by atoms with E-state index in [-0.39, 0.29) is 11.9 Å². The van der Waals surface area contributed by atoms with Gasteiger partial charge in [-0.15, -0.1) is 0 Å². The molecule has 0 aromatic heterocycles. The minimum atomic E-state index is -0.513. The van der Waals surface area contributed by atoms with Gasteiger partial charge in [0.15, 0.2) is 5.96 Å². The fraction of sp³-hybridized carbons (Fsp3) is 0.619. The van der Waals surface area contributed by atoms with Crippen LogP contribution in [-0.2, 0) is 17.8 Å². The number of hydrogen-bond donors (Lipinski definition) is 2. The number of nitrogens with one attached hydrogen (secondary N) is 2. The molecule has 0 bridgehead atoms. The molecule has 162 valence electrons. The lowest BCUT2D eigenvalue weighted by atomic mass is 10.1. The first-order valence-electron chi connectivity index (χ1n) is 9.94. The fourth-order valence-corrected chi connectivity index (χ4v) is 3.26. The third-order valence-corrected chi connectivity index (χ3v) is 4.47. The number of carbonyl (C=O) groups excluding carboxylic acids is 1. The summed E-state index contributed by atoms with van der Waals surface area (Å²) in [6.45, 7) is 8.09. The van der Waals surface area contributed by atoms with E-state index in [1.807, 2.05) is 45.8 Å². The highest BCUT2D eigenvalue weighted by Crippen LogP contribution is 2.14. The van der Waals surface area contributed by atoms with Crippen molar-refractivity contribution in [2.45, 2.75) is 51.9 Å². The van der Waals surface area contributed by atoms with Crippen LogP contribution in [0.2, 0.25) is 0 Å². The molecule has 1 atom stereocenters. The second kappa shape index (κ2) is 9.91. The highest BCUT2D eigenvalue weighted by Gasteiger charge is 2.27. The summed E-state index contributed by atoms with van der Waals surface area (Å²) >= 11 is 0. The fourth-order valence-electron chi connectivity index (χ4n) is 3.26. The van der Waals surface area contributed by atoms with E-state index in [9.17, 15) is 9.18 Å². The number of carbonyl (C=O) groups is 1. The van der Waals surface area contributed by atoms with Crippen LogP contribution in [0.3, 0.4) is 0 Å². The molecule has 1 aliphatic heterocycles. The lowest BCUT2D eigenvalue weighted by Crippen LogP contribution is -2.44. The van der Waals surface area contributed by atoms with Crippen molar-refractivity contribution < 1.29 is 13.9 Å². The highest BCUT2D eigenvalue weighted by atomic mass is 19.1. The standard InChI is InChI=1S/C21H34FN5O2/c1-21(2,3)29-20(28)25-17-9-10-27(14-17)19(23-4)24-12-15-7-8-18(22)16(11-15)13-26(5)6/h7-8,11,17H,9-10,12-14H2,1-6H3,(H,23,24)(H,25,28). The molecule has 1 saturated heterocycles. The molecule has 1 aromatic rings. The zero-order chi connectivity index (χ0) is 21.6. The molecule has 0 radical (unpaired) electrons. The Morgan fingerprint density at radius 3 is 2.72 bits per heavy atom. The topological polar surface area (TPSA) is 69.2 Å². The van der Waals surface area contributed by atoms with Gasteiger partial charge in [0.2, 0.25) is 0 Å². The Balaban J connectivity index is 1.89. The predicted octanol–water partition coefficient (Wildman–Crippen LogP) is 2.56. The van der Waals surface area contributed by atoms with E-state index in [1.165, 1.54) is 6.07 Å². The van der Waals surface area contributed by atoms with Gasteiger partial charge in [-0.2, -0.15) is 0 Å². The summed E-state index contributed by atoms with van der Waals surface area (Å²) in [6.07, 6.45) is 0.427. The Morgan fingerprint density at radius 1 is 1.38 bits per heavy atom. The Labute approximate surface area is 173 Å². The largest absolute Gasteiger partial charge is 0.444 e. The van der Waals surface area contributed by atoms with Crippen LogP contribution in [0.4, 0.5) is 9.18 Å². The molecule has 8 heteroatoms. The van der Waals surface area contributed by atoms with Crippen LogP contribution in [-0.4, -0.2) is 67.7 Å². The Bertz CT molecular complexity index is 730. The van der Waals surface area contributed by atoms with Gasteiger partial charge in [-0.3, -0.25) is 4.99 Å². The maximum Gasteiger partial charge on any atom is 0.407 e. The zero-order valence-corrected chi connectivity index (χ0v) is 18.4. The average Bonchev–Trinajstić information content (AvgIpc) is 3.04. The summed E-state index contributed by atoms with van der Waals surface area (Å²) in [5.41, 5.74) is 1.15. The van der Waals surface area contributed by atoms with Crippen molar-refractivity contribution in [3.05, 3.63) is 35.1 Å². The number of halogens is 1. The average molecular weight is 408 g/mol. The van der Waals surface area contributed by atoms with Gasteiger partial charge < -0.3 is 25.2 Å². The molecule has 1 unspecified atom stereocenters. The van der Waals surface area contributed by atoms with Crippen molar-refractivity contribution in [1.29, 1.82) is 0 Å². The van der Waals surface area contributed by atoms with Crippen LogP contribution >= 0.6 is 0 Å². The lowest BCUT2D eigenvalue weighted by molar-refractivity contribution is 0.0507. The van der Waals surface area contributed by atoms with Gasteiger partial charge in [-0.1, -0.05) is 6.07 Å². The molecule has 0 saturated carbocycles. The van der Waals surface area contributed by atoms with E-state index >= 15 is 0 Å². The summed E-state index contributed by atoms with van der Waals surface area (Å²) in [5.74, 6) is 0.569. The smallest absolute Gasteiger partial charge is 0.407 e. The van der Waals surface area contributed by atoms with E-state index in [4.69, 9.17) is 4.74 Å². The van der Waals surface area contributed by atoms with E-state index in [0.29, 0.717) is 25.2 Å². The van der Waals surface area contributed by atoms with E-state index in [1.54, 1.807) is 13.1 Å². The summed E-state index contributed by atoms with van der Waals surface area (Å²) < 4.78 is 19.3. The number of alkyl carbamates (subject to hydrolysis) is 1. The summed E-state index contributed by atoms with van der Waals surface area (Å²) in [5, 5.41) is 6.25. The summed E-state index contributed by atoms with van der Waals surface area (Å²) in [7, 11) is 5.57. The Hall–Kier alpha value is -2.35. The zero-order valence-electron chi connectivity index (χ0n) is 18.4. The second-order valence-electron chi connectivity index (χ2n) is 8.64. The van der Waals surface area contributed by atoms with Crippen molar-refractivity contribution in [2.75, 3.05) is 34.2 Å². The maximum atomic E-state index is 14.0. The molecule has 1 fully saturated rings. The van der Waals surface area contributed by atoms with Gasteiger partial charge in [0, 0.05) is 38.8 Å². The number of amides is 1. The van der Waals surface area contributed by atoms with Crippen LogP contribution in [0.15, 0.2) is 23.2 Å². The van der Waals surface area contributed by atoms with Crippen LogP contribution in [0.25, 0.3) is 0 Å². The van der Waals surface area contributed by atoms with E-state index < -0.39 is 11.7 Å². The molecule has 1 aliphatic rings. The molecule has 7 nitrogen and oxygen atoms in total. The number of guanidine groups is 1. The number of rotatable bonds is 5. The van der Waals surface area contributed by atoms with Gasteiger partial charge >= 0.3 is 6.09 Å². The van der Waals surface area contributed by atoms with Crippen LogP contribution in [0.5, 0.6) is 0 Å². The first kappa shape index (κ1) is 22.9. The summed E-state index contributed by atoms with van der Waals surface area (Å²) in [6, 6.07) is 5.19. The van der Waals surface area contributed by atoms with Crippen LogP contribution < -0.4 is 10.6 Å². The van der Waals surface area contributed by atoms with Crippen LogP contribution in [0, 0.1) is 5.82 Å². The first-order chi connectivity index (χ1) is 13.6. The van der Waals surface area contributed by atoms with Crippen molar-refractivity contribution in [3.63, 3.8) is 0 Å². The molecule has 0 aliphatic carbocycles. The number of likely N-dealkylation sites (tertiary alicyclic amines) is 1. The molecule has 29 heavy (non-hydrogen) atoms. The molecular weight excluding hydrogens is 373 g/mol. The molecule has 2 rings (SSSR count). The third-order valence-electron chi connectivity index (χ3n) is 4.47. The number of aliphatic imine (C=N–C) groups is 1. The van der Waals surface area contributed by atoms with Gasteiger partial charge in [0.25, 0.3) is 0 Å². The molecule has 0 spiro atoms. The Morgan fingerprint density at radius 2 is 2.10 bits per heavy atom.